The number of fused-ring (bicyclic) bond motifs is 1. The number of nitrogens with one attached hydrogen (secondary N) is 1. The maximum Gasteiger partial charge on any atom is 0.356 e. The zero-order valence-corrected chi connectivity index (χ0v) is 17.9. The monoisotopic (exact) mass is 436 g/mol. The van der Waals surface area contributed by atoms with Crippen molar-refractivity contribution < 1.29 is 14.6 Å². The summed E-state index contributed by atoms with van der Waals surface area (Å²) in [4.78, 5) is 20.2. The molecule has 2 N–H and O–H groups in total. The molecule has 0 amide bonds. The fraction of sp³-hybridized carbons (Fsp3) is 0.304. The maximum absolute atomic E-state index is 11.6. The molecule has 4 rings (SSSR count). The zero-order valence-electron chi connectivity index (χ0n) is 17.1. The lowest BCUT2D eigenvalue weighted by atomic mass is 9.92. The Labute approximate surface area is 184 Å². The number of rotatable bonds is 5. The Morgan fingerprint density at radius 1 is 1.35 bits per heavy atom. The number of hydrogen-bond donors (Lipinski definition) is 2. The molecule has 158 valence electrons. The fourth-order valence-corrected chi connectivity index (χ4v) is 4.18. The smallest absolute Gasteiger partial charge is 0.356 e. The molecule has 2 aromatic heterocycles. The SMILES string of the molecule is Cc1cc([C@@H](C)Nc2ccc(Cl)nc2C(=O)O)c2cc(C3CCOC3)c(C#N)nc2c1. The molecule has 1 aliphatic heterocycles. The summed E-state index contributed by atoms with van der Waals surface area (Å²) in [7, 11) is 0. The lowest BCUT2D eigenvalue weighted by Gasteiger charge is -2.20. The van der Waals surface area contributed by atoms with Crippen LogP contribution in [-0.4, -0.2) is 34.3 Å². The summed E-state index contributed by atoms with van der Waals surface area (Å²) in [6.07, 6.45) is 0.856. The van der Waals surface area contributed by atoms with Crippen molar-refractivity contribution in [2.24, 2.45) is 0 Å². The minimum Gasteiger partial charge on any atom is -0.476 e. The van der Waals surface area contributed by atoms with Crippen LogP contribution >= 0.6 is 11.6 Å². The Hall–Kier alpha value is -3.21. The van der Waals surface area contributed by atoms with Crippen molar-refractivity contribution in [2.75, 3.05) is 18.5 Å². The number of halogens is 1. The number of carbonyl (C=O) groups is 1. The number of benzene rings is 1. The van der Waals surface area contributed by atoms with Gasteiger partial charge >= 0.3 is 5.97 Å². The van der Waals surface area contributed by atoms with Gasteiger partial charge in [-0.25, -0.2) is 14.8 Å². The molecule has 8 heteroatoms. The van der Waals surface area contributed by atoms with Crippen LogP contribution in [0.15, 0.2) is 30.3 Å². The van der Waals surface area contributed by atoms with E-state index in [0.717, 1.165) is 34.0 Å². The van der Waals surface area contributed by atoms with Crippen LogP contribution in [0.4, 0.5) is 5.69 Å². The minimum absolute atomic E-state index is 0.119. The third kappa shape index (κ3) is 4.18. The predicted molar refractivity (Wildman–Crippen MR) is 118 cm³/mol. The summed E-state index contributed by atoms with van der Waals surface area (Å²) < 4.78 is 5.52. The van der Waals surface area contributed by atoms with Gasteiger partial charge in [-0.2, -0.15) is 5.26 Å². The van der Waals surface area contributed by atoms with Crippen molar-refractivity contribution in [1.29, 1.82) is 5.26 Å². The number of carboxylic acids is 1. The highest BCUT2D eigenvalue weighted by Gasteiger charge is 2.24. The summed E-state index contributed by atoms with van der Waals surface area (Å²) in [5.41, 5.74) is 4.25. The molecular weight excluding hydrogens is 416 g/mol. The lowest BCUT2D eigenvalue weighted by molar-refractivity contribution is 0.0691. The van der Waals surface area contributed by atoms with Gasteiger partial charge in [0.2, 0.25) is 0 Å². The Balaban J connectivity index is 1.80. The van der Waals surface area contributed by atoms with Gasteiger partial charge in [-0.15, -0.1) is 0 Å². The summed E-state index contributed by atoms with van der Waals surface area (Å²) in [5.74, 6) is -1.02. The van der Waals surface area contributed by atoms with E-state index in [0.29, 0.717) is 24.6 Å². The lowest BCUT2D eigenvalue weighted by Crippen LogP contribution is -2.13. The number of nitrogens with zero attached hydrogens (tertiary/aromatic N) is 3. The number of aromatic carboxylic acids is 1. The summed E-state index contributed by atoms with van der Waals surface area (Å²) >= 11 is 5.87. The second-order valence-corrected chi connectivity index (χ2v) is 8.11. The van der Waals surface area contributed by atoms with Crippen molar-refractivity contribution >= 4 is 34.2 Å². The Morgan fingerprint density at radius 3 is 2.84 bits per heavy atom. The molecule has 3 heterocycles. The molecule has 0 radical (unpaired) electrons. The summed E-state index contributed by atoms with van der Waals surface area (Å²) in [6, 6.07) is 11.2. The van der Waals surface area contributed by atoms with Crippen molar-refractivity contribution in [1.82, 2.24) is 9.97 Å². The normalized spacial score (nSPS) is 16.8. The van der Waals surface area contributed by atoms with Crippen LogP contribution < -0.4 is 5.32 Å². The van der Waals surface area contributed by atoms with Gasteiger partial charge in [0, 0.05) is 24.0 Å². The number of pyridine rings is 2. The van der Waals surface area contributed by atoms with E-state index in [-0.39, 0.29) is 22.8 Å². The van der Waals surface area contributed by atoms with Crippen molar-refractivity contribution in [3.63, 3.8) is 0 Å². The molecule has 1 aliphatic rings. The molecule has 2 atom stereocenters. The number of aryl methyl sites for hydroxylation is 1. The van der Waals surface area contributed by atoms with Crippen LogP contribution in [0, 0.1) is 18.3 Å². The molecular formula is C23H21ClN4O3. The van der Waals surface area contributed by atoms with Gasteiger partial charge in [0.25, 0.3) is 0 Å². The average Bonchev–Trinajstić information content (AvgIpc) is 3.27. The number of anilines is 1. The first-order valence-corrected chi connectivity index (χ1v) is 10.3. The predicted octanol–water partition coefficient (Wildman–Crippen LogP) is 4.84. The topological polar surface area (TPSA) is 108 Å². The van der Waals surface area contributed by atoms with Gasteiger partial charge in [-0.05, 0) is 61.2 Å². The van der Waals surface area contributed by atoms with Crippen LogP contribution in [0.3, 0.4) is 0 Å². The molecule has 0 saturated carbocycles. The first kappa shape index (κ1) is 21.0. The third-order valence-electron chi connectivity index (χ3n) is 5.52. The van der Waals surface area contributed by atoms with E-state index in [1.165, 1.54) is 0 Å². The highest BCUT2D eigenvalue weighted by atomic mass is 35.5. The van der Waals surface area contributed by atoms with E-state index < -0.39 is 5.97 Å². The first-order chi connectivity index (χ1) is 14.9. The Kier molecular flexibility index (Phi) is 5.77. The van der Waals surface area contributed by atoms with E-state index in [4.69, 9.17) is 16.3 Å². The second-order valence-electron chi connectivity index (χ2n) is 7.72. The van der Waals surface area contributed by atoms with E-state index in [1.807, 2.05) is 32.0 Å². The van der Waals surface area contributed by atoms with Crippen LogP contribution in [-0.2, 0) is 4.74 Å². The fourth-order valence-electron chi connectivity index (χ4n) is 4.03. The number of carboxylic acid groups (broad SMARTS) is 1. The van der Waals surface area contributed by atoms with Gasteiger partial charge in [0.05, 0.1) is 17.8 Å². The summed E-state index contributed by atoms with van der Waals surface area (Å²) in [5, 5.41) is 23.4. The molecule has 1 saturated heterocycles. The molecule has 31 heavy (non-hydrogen) atoms. The summed E-state index contributed by atoms with van der Waals surface area (Å²) in [6.45, 7) is 5.17. The molecule has 1 unspecified atom stereocenters. The van der Waals surface area contributed by atoms with E-state index in [1.54, 1.807) is 12.1 Å². The van der Waals surface area contributed by atoms with Gasteiger partial charge in [0.15, 0.2) is 5.69 Å². The number of aromatic nitrogens is 2. The van der Waals surface area contributed by atoms with Crippen LogP contribution in [0.25, 0.3) is 10.9 Å². The van der Waals surface area contributed by atoms with E-state index in [2.05, 4.69) is 21.4 Å². The van der Waals surface area contributed by atoms with Gasteiger partial charge in [-0.1, -0.05) is 17.7 Å². The van der Waals surface area contributed by atoms with Crippen LogP contribution in [0.2, 0.25) is 5.15 Å². The maximum atomic E-state index is 11.6. The molecule has 0 spiro atoms. The van der Waals surface area contributed by atoms with Crippen molar-refractivity contribution in [3.8, 4) is 6.07 Å². The molecule has 3 aromatic rings. The highest BCUT2D eigenvalue weighted by molar-refractivity contribution is 6.29. The van der Waals surface area contributed by atoms with Crippen molar-refractivity contribution in [3.05, 3.63) is 63.6 Å². The highest BCUT2D eigenvalue weighted by Crippen LogP contribution is 2.34. The Bertz CT molecular complexity index is 1220. The zero-order chi connectivity index (χ0) is 22.1. The van der Waals surface area contributed by atoms with Gasteiger partial charge in [0.1, 0.15) is 16.9 Å². The number of hydrogen-bond acceptors (Lipinski definition) is 6. The second kappa shape index (κ2) is 8.50. The van der Waals surface area contributed by atoms with Crippen molar-refractivity contribution in [2.45, 2.75) is 32.2 Å². The van der Waals surface area contributed by atoms with Crippen LogP contribution in [0.1, 0.15) is 58.2 Å². The molecule has 0 aliphatic carbocycles. The molecule has 0 bridgehead atoms. The van der Waals surface area contributed by atoms with Crippen LogP contribution in [0.5, 0.6) is 0 Å². The minimum atomic E-state index is -1.16. The molecule has 7 nitrogen and oxygen atoms in total. The molecule has 1 fully saturated rings. The van der Waals surface area contributed by atoms with E-state index in [9.17, 15) is 15.2 Å². The Morgan fingerprint density at radius 2 is 2.16 bits per heavy atom. The van der Waals surface area contributed by atoms with E-state index >= 15 is 0 Å². The third-order valence-corrected chi connectivity index (χ3v) is 5.73. The largest absolute Gasteiger partial charge is 0.476 e. The first-order valence-electron chi connectivity index (χ1n) is 9.96. The quantitative estimate of drug-likeness (QED) is 0.551. The van der Waals surface area contributed by atoms with Gasteiger partial charge < -0.3 is 15.2 Å². The number of nitriles is 1. The number of ether oxygens (including phenoxy) is 1. The average molecular weight is 437 g/mol. The molecule has 1 aromatic carbocycles. The standard InChI is InChI=1S/C23H21ClN4O3/c1-12-7-15(13(2)26-18-3-4-21(24)28-22(18)23(29)30)17-9-16(14-5-6-31-11-14)20(10-25)27-19(17)8-12/h3-4,7-9,13-14,26H,5-6,11H2,1-2H3,(H,29,30)/t13-,14?/m1/s1. The van der Waals surface area contributed by atoms with Gasteiger partial charge in [-0.3, -0.25) is 0 Å².